The third kappa shape index (κ3) is 3.10. The van der Waals surface area contributed by atoms with E-state index in [0.717, 1.165) is 22.3 Å². The van der Waals surface area contributed by atoms with Crippen molar-refractivity contribution in [3.05, 3.63) is 42.9 Å². The summed E-state index contributed by atoms with van der Waals surface area (Å²) in [5.74, 6) is 1.43. The Morgan fingerprint density at radius 2 is 2.21 bits per heavy atom. The molecule has 1 aliphatic heterocycles. The van der Waals surface area contributed by atoms with Gasteiger partial charge < -0.3 is 19.8 Å². The van der Waals surface area contributed by atoms with E-state index in [-0.39, 0.29) is 12.8 Å². The number of rotatable bonds is 4. The van der Waals surface area contributed by atoms with Crippen molar-refractivity contribution in [3.63, 3.8) is 0 Å². The van der Waals surface area contributed by atoms with Crippen LogP contribution < -0.4 is 20.1 Å². The highest BCUT2D eigenvalue weighted by Gasteiger charge is 2.18. The molecule has 10 heteroatoms. The second-order valence-corrected chi connectivity index (χ2v) is 6.34. The fourth-order valence-corrected chi connectivity index (χ4v) is 3.18. The predicted molar refractivity (Wildman–Crippen MR) is 105 cm³/mol. The van der Waals surface area contributed by atoms with Gasteiger partial charge in [0.2, 0.25) is 12.7 Å². The summed E-state index contributed by atoms with van der Waals surface area (Å²) >= 11 is 0. The minimum atomic E-state index is -0.326. The molecule has 0 saturated heterocycles. The van der Waals surface area contributed by atoms with Crippen LogP contribution >= 0.6 is 0 Å². The van der Waals surface area contributed by atoms with Crippen LogP contribution in [0.3, 0.4) is 0 Å². The van der Waals surface area contributed by atoms with Gasteiger partial charge in [-0.25, -0.2) is 19.4 Å². The number of carbonyl (C=O) groups excluding carboxylic acids is 1. The number of anilines is 1. The van der Waals surface area contributed by atoms with Crippen molar-refractivity contribution < 1.29 is 14.3 Å². The number of aromatic nitrogens is 5. The van der Waals surface area contributed by atoms with Crippen molar-refractivity contribution >= 4 is 23.0 Å². The van der Waals surface area contributed by atoms with Crippen LogP contribution in [0, 0.1) is 0 Å². The highest BCUT2D eigenvalue weighted by molar-refractivity contribution is 5.94. The Labute approximate surface area is 164 Å². The topological polar surface area (TPSA) is 119 Å². The minimum absolute atomic E-state index is 0.164. The minimum Gasteiger partial charge on any atom is -0.452 e. The number of benzene rings is 1. The smallest absolute Gasteiger partial charge is 0.321 e. The average molecular weight is 391 g/mol. The lowest BCUT2D eigenvalue weighted by Gasteiger charge is -2.08. The highest BCUT2D eigenvalue weighted by Crippen LogP contribution is 2.35. The molecule has 3 N–H and O–H groups in total. The number of hydrogen-bond acceptors (Lipinski definition) is 6. The Morgan fingerprint density at radius 1 is 1.28 bits per heavy atom. The van der Waals surface area contributed by atoms with Gasteiger partial charge in [-0.3, -0.25) is 5.32 Å². The van der Waals surface area contributed by atoms with Gasteiger partial charge in [0, 0.05) is 30.7 Å². The summed E-state index contributed by atoms with van der Waals surface area (Å²) in [4.78, 5) is 23.9. The second-order valence-electron chi connectivity index (χ2n) is 6.34. The maximum atomic E-state index is 11.9. The average Bonchev–Trinajstić information content (AvgIpc) is 3.46. The van der Waals surface area contributed by atoms with Gasteiger partial charge in [0.1, 0.15) is 0 Å². The summed E-state index contributed by atoms with van der Waals surface area (Å²) in [5, 5.41) is 9.72. The van der Waals surface area contributed by atoms with E-state index in [1.54, 1.807) is 17.1 Å². The van der Waals surface area contributed by atoms with E-state index in [0.29, 0.717) is 29.6 Å². The SMILES string of the molecule is CCNC(=O)Nc1nc2cc(-c3cnc4c(c3)OCO4)cc(-n3cccn3)c2[nH]1. The first kappa shape index (κ1) is 17.0. The molecule has 3 aromatic heterocycles. The van der Waals surface area contributed by atoms with E-state index < -0.39 is 0 Å². The molecule has 0 aliphatic carbocycles. The first-order valence-electron chi connectivity index (χ1n) is 9.06. The fourth-order valence-electron chi connectivity index (χ4n) is 3.18. The van der Waals surface area contributed by atoms with Crippen LogP contribution in [0.1, 0.15) is 6.92 Å². The molecular formula is C19H17N7O3. The number of H-pyrrole nitrogens is 1. The predicted octanol–water partition coefficient (Wildman–Crippen LogP) is 2.68. The highest BCUT2D eigenvalue weighted by atomic mass is 16.7. The van der Waals surface area contributed by atoms with E-state index >= 15 is 0 Å². The number of urea groups is 1. The summed E-state index contributed by atoms with van der Waals surface area (Å²) in [6.07, 6.45) is 5.26. The number of ether oxygens (including phenoxy) is 2. The monoisotopic (exact) mass is 391 g/mol. The maximum absolute atomic E-state index is 11.9. The first-order chi connectivity index (χ1) is 14.2. The Kier molecular flexibility index (Phi) is 4.01. The number of carbonyl (C=O) groups is 1. The van der Waals surface area contributed by atoms with Crippen LogP contribution in [-0.4, -0.2) is 44.1 Å². The van der Waals surface area contributed by atoms with Crippen molar-refractivity contribution in [3.8, 4) is 28.4 Å². The molecule has 0 fully saturated rings. The summed E-state index contributed by atoms with van der Waals surface area (Å²) in [7, 11) is 0. The molecular weight excluding hydrogens is 374 g/mol. The Hall–Kier alpha value is -4.08. The number of nitrogens with zero attached hydrogens (tertiary/aromatic N) is 4. The van der Waals surface area contributed by atoms with E-state index in [1.807, 2.05) is 37.4 Å². The molecule has 29 heavy (non-hydrogen) atoms. The lowest BCUT2D eigenvalue weighted by Crippen LogP contribution is -2.28. The van der Waals surface area contributed by atoms with Gasteiger partial charge >= 0.3 is 6.03 Å². The molecule has 1 aromatic carbocycles. The number of amides is 2. The largest absolute Gasteiger partial charge is 0.452 e. The van der Waals surface area contributed by atoms with Crippen molar-refractivity contribution in [2.75, 3.05) is 18.7 Å². The van der Waals surface area contributed by atoms with E-state index in [9.17, 15) is 4.79 Å². The first-order valence-corrected chi connectivity index (χ1v) is 9.06. The number of imidazole rings is 1. The molecule has 0 bridgehead atoms. The third-order valence-electron chi connectivity index (χ3n) is 4.45. The van der Waals surface area contributed by atoms with Crippen molar-refractivity contribution in [2.45, 2.75) is 6.92 Å². The van der Waals surface area contributed by atoms with Crippen molar-refractivity contribution in [1.29, 1.82) is 0 Å². The number of pyridine rings is 1. The molecule has 0 spiro atoms. The molecule has 10 nitrogen and oxygen atoms in total. The maximum Gasteiger partial charge on any atom is 0.321 e. The third-order valence-corrected chi connectivity index (χ3v) is 4.45. The zero-order valence-electron chi connectivity index (χ0n) is 15.5. The molecule has 4 aromatic rings. The van der Waals surface area contributed by atoms with Gasteiger partial charge in [0.05, 0.1) is 16.7 Å². The number of hydrogen-bond donors (Lipinski definition) is 3. The fraction of sp³-hybridized carbons (Fsp3) is 0.158. The molecule has 0 unspecified atom stereocenters. The Bertz CT molecular complexity index is 1200. The van der Waals surface area contributed by atoms with E-state index in [4.69, 9.17) is 9.47 Å². The molecule has 1 aliphatic rings. The summed E-state index contributed by atoms with van der Waals surface area (Å²) in [6.45, 7) is 2.53. The normalized spacial score (nSPS) is 12.3. The van der Waals surface area contributed by atoms with Crippen molar-refractivity contribution in [2.24, 2.45) is 0 Å². The van der Waals surface area contributed by atoms with E-state index in [2.05, 4.69) is 30.7 Å². The lowest BCUT2D eigenvalue weighted by atomic mass is 10.1. The molecule has 4 heterocycles. The zero-order chi connectivity index (χ0) is 19.8. The number of aromatic amines is 1. The Morgan fingerprint density at radius 3 is 3.03 bits per heavy atom. The van der Waals surface area contributed by atoms with Gasteiger partial charge in [-0.1, -0.05) is 0 Å². The molecule has 2 amide bonds. The summed E-state index contributed by atoms with van der Waals surface area (Å²) < 4.78 is 12.5. The number of nitrogens with one attached hydrogen (secondary N) is 3. The van der Waals surface area contributed by atoms with Crippen LogP contribution in [0.25, 0.3) is 27.8 Å². The van der Waals surface area contributed by atoms with Crippen LogP contribution in [0.2, 0.25) is 0 Å². The van der Waals surface area contributed by atoms with Gasteiger partial charge in [-0.15, -0.1) is 0 Å². The standard InChI is InChI=1S/C19H17N7O3/c1-2-20-19(27)25-18-23-13-6-11(12-8-15-17(21-9-12)29-10-28-15)7-14(16(13)24-18)26-5-3-4-22-26/h3-9H,2,10H2,1H3,(H3,20,23,24,25,27). The molecule has 0 saturated carbocycles. The molecule has 5 rings (SSSR count). The molecule has 0 radical (unpaired) electrons. The Balaban J connectivity index is 1.63. The molecule has 146 valence electrons. The summed E-state index contributed by atoms with van der Waals surface area (Å²) in [5.41, 5.74) is 3.95. The number of fused-ring (bicyclic) bond motifs is 2. The van der Waals surface area contributed by atoms with Crippen LogP contribution in [0.4, 0.5) is 10.7 Å². The van der Waals surface area contributed by atoms with Gasteiger partial charge in [-0.2, -0.15) is 5.10 Å². The van der Waals surface area contributed by atoms with Crippen LogP contribution in [0.15, 0.2) is 42.9 Å². The summed E-state index contributed by atoms with van der Waals surface area (Å²) in [6, 6.07) is 7.28. The van der Waals surface area contributed by atoms with Crippen molar-refractivity contribution in [1.82, 2.24) is 30.0 Å². The second kappa shape index (κ2) is 6.82. The van der Waals surface area contributed by atoms with Crippen LogP contribution in [0.5, 0.6) is 11.6 Å². The van der Waals surface area contributed by atoms with Crippen LogP contribution in [-0.2, 0) is 0 Å². The molecule has 0 atom stereocenters. The lowest BCUT2D eigenvalue weighted by molar-refractivity contribution is 0.171. The van der Waals surface area contributed by atoms with E-state index in [1.165, 1.54) is 0 Å². The van der Waals surface area contributed by atoms with Gasteiger partial charge in [0.15, 0.2) is 5.75 Å². The van der Waals surface area contributed by atoms with Gasteiger partial charge in [0.25, 0.3) is 5.88 Å². The quantitative estimate of drug-likeness (QED) is 0.492. The zero-order valence-corrected chi connectivity index (χ0v) is 15.5. The van der Waals surface area contributed by atoms with Gasteiger partial charge in [-0.05, 0) is 36.8 Å².